The molecule has 3 amide bonds. The smallest absolute Gasteiger partial charge is 0.416 e. The van der Waals surface area contributed by atoms with Crippen LogP contribution in [0.25, 0.3) is 0 Å². The lowest BCUT2D eigenvalue weighted by Crippen LogP contribution is -2.43. The molecule has 1 saturated carbocycles. The van der Waals surface area contributed by atoms with Crippen LogP contribution in [0.15, 0.2) is 48.5 Å². The Morgan fingerprint density at radius 2 is 1.70 bits per heavy atom. The molecule has 33 heavy (non-hydrogen) atoms. The summed E-state index contributed by atoms with van der Waals surface area (Å²) in [5, 5.41) is 0. The molecule has 10 heteroatoms. The molecule has 2 aliphatic rings. The SMILES string of the molecule is COc1ccc(N2CN(C(=O)CN(C(=O)c3ccc(C(F)(F)F)cc3)C3CC3)CC2=O)cc1. The van der Waals surface area contributed by atoms with Gasteiger partial charge >= 0.3 is 6.18 Å². The van der Waals surface area contributed by atoms with Gasteiger partial charge in [-0.1, -0.05) is 0 Å². The molecule has 7 nitrogen and oxygen atoms in total. The number of carbonyl (C=O) groups is 3. The zero-order chi connectivity index (χ0) is 23.8. The Morgan fingerprint density at radius 1 is 1.06 bits per heavy atom. The van der Waals surface area contributed by atoms with Crippen molar-refractivity contribution in [3.05, 3.63) is 59.7 Å². The van der Waals surface area contributed by atoms with Crippen LogP contribution < -0.4 is 9.64 Å². The number of methoxy groups -OCH3 is 1. The lowest BCUT2D eigenvalue weighted by atomic mass is 10.1. The van der Waals surface area contributed by atoms with Crippen molar-refractivity contribution in [2.24, 2.45) is 0 Å². The minimum Gasteiger partial charge on any atom is -0.497 e. The quantitative estimate of drug-likeness (QED) is 0.663. The van der Waals surface area contributed by atoms with Gasteiger partial charge in [0, 0.05) is 17.3 Å². The zero-order valence-corrected chi connectivity index (χ0v) is 17.8. The maximum absolute atomic E-state index is 12.9. The second-order valence-corrected chi connectivity index (χ2v) is 7.99. The third-order valence-corrected chi connectivity index (χ3v) is 5.69. The van der Waals surface area contributed by atoms with Gasteiger partial charge in [0.2, 0.25) is 11.8 Å². The van der Waals surface area contributed by atoms with E-state index in [-0.39, 0.29) is 37.3 Å². The van der Waals surface area contributed by atoms with Crippen LogP contribution in [-0.2, 0) is 15.8 Å². The zero-order valence-electron chi connectivity index (χ0n) is 17.8. The van der Waals surface area contributed by atoms with E-state index in [1.807, 2.05) is 0 Å². The molecule has 0 bridgehead atoms. The Bertz CT molecular complexity index is 1050. The average Bonchev–Trinajstić information content (AvgIpc) is 3.57. The summed E-state index contributed by atoms with van der Waals surface area (Å²) in [6, 6.07) is 10.7. The molecule has 1 saturated heterocycles. The van der Waals surface area contributed by atoms with E-state index in [9.17, 15) is 27.6 Å². The predicted molar refractivity (Wildman–Crippen MR) is 113 cm³/mol. The summed E-state index contributed by atoms with van der Waals surface area (Å²) in [6.07, 6.45) is -3.06. The molecule has 4 rings (SSSR count). The Morgan fingerprint density at radius 3 is 2.24 bits per heavy atom. The summed E-state index contributed by atoms with van der Waals surface area (Å²) in [6.45, 7) is -0.303. The number of rotatable bonds is 6. The second kappa shape index (κ2) is 8.76. The lowest BCUT2D eigenvalue weighted by Gasteiger charge is -2.25. The average molecular weight is 461 g/mol. The minimum atomic E-state index is -4.49. The van der Waals surface area contributed by atoms with Crippen LogP contribution in [0.2, 0.25) is 0 Å². The standard InChI is InChI=1S/C23H22F3N3O4/c1-33-19-10-8-18(9-11-19)29-14-27(12-21(29)31)20(30)13-28(17-6-7-17)22(32)15-2-4-16(5-3-15)23(24,25)26/h2-5,8-11,17H,6-7,12-14H2,1H3. The highest BCUT2D eigenvalue weighted by Gasteiger charge is 2.38. The summed E-state index contributed by atoms with van der Waals surface area (Å²) in [7, 11) is 1.54. The third kappa shape index (κ3) is 4.94. The molecule has 0 aromatic heterocycles. The number of hydrogen-bond donors (Lipinski definition) is 0. The Labute approximate surface area is 188 Å². The van der Waals surface area contributed by atoms with Gasteiger partial charge in [0.05, 0.1) is 12.7 Å². The maximum Gasteiger partial charge on any atom is 0.416 e. The van der Waals surface area contributed by atoms with Crippen LogP contribution in [0.4, 0.5) is 18.9 Å². The normalized spacial score (nSPS) is 16.2. The third-order valence-electron chi connectivity index (χ3n) is 5.69. The summed E-state index contributed by atoms with van der Waals surface area (Å²) in [5.74, 6) is -0.510. The van der Waals surface area contributed by atoms with Crippen molar-refractivity contribution in [2.45, 2.75) is 25.1 Å². The summed E-state index contributed by atoms with van der Waals surface area (Å²) in [4.78, 5) is 42.5. The van der Waals surface area contributed by atoms with Gasteiger partial charge in [-0.05, 0) is 61.4 Å². The molecule has 0 spiro atoms. The molecule has 0 radical (unpaired) electrons. The highest BCUT2D eigenvalue weighted by atomic mass is 19.4. The van der Waals surface area contributed by atoms with E-state index in [0.29, 0.717) is 11.4 Å². The van der Waals surface area contributed by atoms with Crippen molar-refractivity contribution in [2.75, 3.05) is 31.8 Å². The van der Waals surface area contributed by atoms with Gasteiger partial charge in [-0.2, -0.15) is 13.2 Å². The molecule has 0 N–H and O–H groups in total. The summed E-state index contributed by atoms with van der Waals surface area (Å²) >= 11 is 0. The van der Waals surface area contributed by atoms with Crippen LogP contribution in [0.3, 0.4) is 0 Å². The molecule has 1 aliphatic heterocycles. The van der Waals surface area contributed by atoms with Crippen LogP contribution in [0, 0.1) is 0 Å². The van der Waals surface area contributed by atoms with Crippen LogP contribution in [0.1, 0.15) is 28.8 Å². The van der Waals surface area contributed by atoms with Crippen molar-refractivity contribution in [3.63, 3.8) is 0 Å². The Balaban J connectivity index is 1.43. The number of benzene rings is 2. The van der Waals surface area contributed by atoms with E-state index in [1.165, 1.54) is 21.8 Å². The molecule has 2 aromatic carbocycles. The number of alkyl halides is 3. The fourth-order valence-corrected chi connectivity index (χ4v) is 3.67. The molecular weight excluding hydrogens is 439 g/mol. The molecule has 0 atom stereocenters. The van der Waals surface area contributed by atoms with Gasteiger partial charge in [0.1, 0.15) is 25.5 Å². The molecule has 2 aromatic rings. The molecule has 1 heterocycles. The first-order valence-electron chi connectivity index (χ1n) is 10.4. The van der Waals surface area contributed by atoms with E-state index >= 15 is 0 Å². The van der Waals surface area contributed by atoms with Gasteiger partial charge in [-0.25, -0.2) is 0 Å². The first-order chi connectivity index (χ1) is 15.7. The first-order valence-corrected chi connectivity index (χ1v) is 10.4. The van der Waals surface area contributed by atoms with E-state index < -0.39 is 23.6 Å². The highest BCUT2D eigenvalue weighted by Crippen LogP contribution is 2.31. The van der Waals surface area contributed by atoms with Crippen LogP contribution in [0.5, 0.6) is 5.75 Å². The van der Waals surface area contributed by atoms with E-state index in [0.717, 1.165) is 37.1 Å². The first kappa shape index (κ1) is 22.6. The van der Waals surface area contributed by atoms with Crippen LogP contribution >= 0.6 is 0 Å². The number of halogens is 3. The van der Waals surface area contributed by atoms with E-state index in [1.54, 1.807) is 24.3 Å². The van der Waals surface area contributed by atoms with Crippen molar-refractivity contribution >= 4 is 23.4 Å². The van der Waals surface area contributed by atoms with Crippen molar-refractivity contribution in [1.29, 1.82) is 0 Å². The fraction of sp³-hybridized carbons (Fsp3) is 0.348. The van der Waals surface area contributed by atoms with E-state index in [2.05, 4.69) is 0 Å². The molecular formula is C23H22F3N3O4. The van der Waals surface area contributed by atoms with Gasteiger partial charge < -0.3 is 14.5 Å². The monoisotopic (exact) mass is 461 g/mol. The van der Waals surface area contributed by atoms with Crippen LogP contribution in [-0.4, -0.2) is 60.4 Å². The van der Waals surface area contributed by atoms with Gasteiger partial charge in [-0.3, -0.25) is 19.3 Å². The van der Waals surface area contributed by atoms with Gasteiger partial charge in [0.25, 0.3) is 5.91 Å². The maximum atomic E-state index is 12.9. The number of carbonyl (C=O) groups excluding carboxylic acids is 3. The Hall–Kier alpha value is -3.56. The molecule has 2 fully saturated rings. The fourth-order valence-electron chi connectivity index (χ4n) is 3.67. The highest BCUT2D eigenvalue weighted by molar-refractivity contribution is 6.01. The van der Waals surface area contributed by atoms with Gasteiger partial charge in [-0.15, -0.1) is 0 Å². The summed E-state index contributed by atoms with van der Waals surface area (Å²) in [5.41, 5.74) is -0.140. The Kier molecular flexibility index (Phi) is 6.01. The predicted octanol–water partition coefficient (Wildman–Crippen LogP) is 3.15. The number of amides is 3. The number of hydrogen-bond acceptors (Lipinski definition) is 4. The van der Waals surface area contributed by atoms with Crippen molar-refractivity contribution in [3.8, 4) is 5.75 Å². The molecule has 174 valence electrons. The second-order valence-electron chi connectivity index (χ2n) is 7.99. The largest absolute Gasteiger partial charge is 0.497 e. The topological polar surface area (TPSA) is 70.2 Å². The molecule has 0 unspecified atom stereocenters. The lowest BCUT2D eigenvalue weighted by molar-refractivity contribution is -0.137. The number of anilines is 1. The number of nitrogens with zero attached hydrogens (tertiary/aromatic N) is 3. The van der Waals surface area contributed by atoms with Crippen molar-refractivity contribution in [1.82, 2.24) is 9.80 Å². The minimum absolute atomic E-state index is 0.0526. The van der Waals surface area contributed by atoms with Gasteiger partial charge in [0.15, 0.2) is 0 Å². The molecule has 1 aliphatic carbocycles. The van der Waals surface area contributed by atoms with Crippen molar-refractivity contribution < 1.29 is 32.3 Å². The van der Waals surface area contributed by atoms with E-state index in [4.69, 9.17) is 4.74 Å². The summed E-state index contributed by atoms with van der Waals surface area (Å²) < 4.78 is 43.5. The number of ether oxygens (including phenoxy) is 1.